The molecule has 0 aliphatic carbocycles. The van der Waals surface area contributed by atoms with E-state index in [1.54, 1.807) is 0 Å². The molecule has 1 aromatic carbocycles. The van der Waals surface area contributed by atoms with Gasteiger partial charge in [-0.2, -0.15) is 0 Å². The lowest BCUT2D eigenvalue weighted by Gasteiger charge is -2.20. The maximum Gasteiger partial charge on any atom is 0.119 e. The molecule has 90 valence electrons. The molecule has 0 saturated carbocycles. The molecule has 0 aromatic heterocycles. The van der Waals surface area contributed by atoms with Crippen LogP contribution in [-0.4, -0.2) is 18.7 Å². The van der Waals surface area contributed by atoms with Gasteiger partial charge in [-0.1, -0.05) is 0 Å². The van der Waals surface area contributed by atoms with E-state index in [1.807, 2.05) is 12.1 Å². The third kappa shape index (κ3) is 6.33. The lowest BCUT2D eigenvalue weighted by molar-refractivity contribution is 0.298. The van der Waals surface area contributed by atoms with Crippen LogP contribution in [0.2, 0.25) is 0 Å². The quantitative estimate of drug-likeness (QED) is 0.658. The zero-order valence-electron chi connectivity index (χ0n) is 10.2. The number of rotatable bonds is 5. The Labute approximate surface area is 112 Å². The summed E-state index contributed by atoms with van der Waals surface area (Å²) in [6, 6.07) is 8.14. The Bertz CT molecular complexity index is 303. The van der Waals surface area contributed by atoms with Crippen molar-refractivity contribution in [3.05, 3.63) is 27.8 Å². The molecule has 0 amide bonds. The van der Waals surface area contributed by atoms with Gasteiger partial charge in [0.2, 0.25) is 0 Å². The van der Waals surface area contributed by atoms with Gasteiger partial charge in [-0.3, -0.25) is 0 Å². The molecule has 1 N–H and O–H groups in total. The number of benzene rings is 1. The predicted octanol–water partition coefficient (Wildman–Crippen LogP) is 3.45. The first-order valence-corrected chi connectivity index (χ1v) is 6.69. The van der Waals surface area contributed by atoms with Gasteiger partial charge in [-0.05, 0) is 80.6 Å². The molecule has 0 heterocycles. The minimum Gasteiger partial charge on any atom is -0.494 e. The van der Waals surface area contributed by atoms with Crippen molar-refractivity contribution < 1.29 is 4.74 Å². The van der Waals surface area contributed by atoms with Gasteiger partial charge >= 0.3 is 0 Å². The molecule has 1 rings (SSSR count). The van der Waals surface area contributed by atoms with Crippen LogP contribution in [0.4, 0.5) is 0 Å². The largest absolute Gasteiger partial charge is 0.494 e. The topological polar surface area (TPSA) is 21.3 Å². The van der Waals surface area contributed by atoms with Gasteiger partial charge in [0, 0.05) is 9.11 Å². The SMILES string of the molecule is CC(C)(C)NCCCOc1ccc(I)cc1. The first kappa shape index (κ1) is 13.8. The molecule has 0 unspecified atom stereocenters. The second-order valence-electron chi connectivity index (χ2n) is 4.83. The van der Waals surface area contributed by atoms with Crippen molar-refractivity contribution in [2.75, 3.05) is 13.2 Å². The summed E-state index contributed by atoms with van der Waals surface area (Å²) in [5.41, 5.74) is 0.197. The predicted molar refractivity (Wildman–Crippen MR) is 77.0 cm³/mol. The summed E-state index contributed by atoms with van der Waals surface area (Å²) in [7, 11) is 0. The van der Waals surface area contributed by atoms with Crippen molar-refractivity contribution in [3.8, 4) is 5.75 Å². The molecule has 2 nitrogen and oxygen atoms in total. The van der Waals surface area contributed by atoms with E-state index in [0.29, 0.717) is 0 Å². The summed E-state index contributed by atoms with van der Waals surface area (Å²) in [6.07, 6.45) is 1.03. The first-order chi connectivity index (χ1) is 7.47. The number of hydrogen-bond acceptors (Lipinski definition) is 2. The number of halogens is 1. The Morgan fingerprint density at radius 1 is 1.19 bits per heavy atom. The highest BCUT2D eigenvalue weighted by molar-refractivity contribution is 14.1. The maximum atomic E-state index is 5.63. The van der Waals surface area contributed by atoms with Crippen molar-refractivity contribution in [2.45, 2.75) is 32.7 Å². The third-order valence-electron chi connectivity index (χ3n) is 2.06. The van der Waals surface area contributed by atoms with Crippen molar-refractivity contribution in [1.29, 1.82) is 0 Å². The molecule has 0 spiro atoms. The first-order valence-electron chi connectivity index (χ1n) is 5.61. The van der Waals surface area contributed by atoms with Crippen LogP contribution in [0.1, 0.15) is 27.2 Å². The van der Waals surface area contributed by atoms with Crippen molar-refractivity contribution in [2.24, 2.45) is 0 Å². The molecule has 0 radical (unpaired) electrons. The molecule has 16 heavy (non-hydrogen) atoms. The summed E-state index contributed by atoms with van der Waals surface area (Å²) < 4.78 is 6.87. The van der Waals surface area contributed by atoms with Crippen LogP contribution in [-0.2, 0) is 0 Å². The third-order valence-corrected chi connectivity index (χ3v) is 2.78. The second-order valence-corrected chi connectivity index (χ2v) is 6.08. The van der Waals surface area contributed by atoms with Gasteiger partial charge in [0.15, 0.2) is 0 Å². The Morgan fingerprint density at radius 2 is 1.81 bits per heavy atom. The van der Waals surface area contributed by atoms with Gasteiger partial charge < -0.3 is 10.1 Å². The Balaban J connectivity index is 2.14. The van der Waals surface area contributed by atoms with Crippen molar-refractivity contribution in [1.82, 2.24) is 5.32 Å². The summed E-state index contributed by atoms with van der Waals surface area (Å²) in [6.45, 7) is 8.28. The van der Waals surface area contributed by atoms with Crippen LogP contribution in [0, 0.1) is 3.57 Å². The van der Waals surface area contributed by atoms with Crippen molar-refractivity contribution in [3.63, 3.8) is 0 Å². The molecule has 0 bridgehead atoms. The van der Waals surface area contributed by atoms with E-state index >= 15 is 0 Å². The number of hydrogen-bond donors (Lipinski definition) is 1. The summed E-state index contributed by atoms with van der Waals surface area (Å²) >= 11 is 2.29. The highest BCUT2D eigenvalue weighted by atomic mass is 127. The standard InChI is InChI=1S/C13H20INO/c1-13(2,3)15-9-4-10-16-12-7-5-11(14)6-8-12/h5-8,15H,4,9-10H2,1-3H3. The van der Waals surface area contributed by atoms with E-state index in [2.05, 4.69) is 60.8 Å². The van der Waals surface area contributed by atoms with Gasteiger partial charge in [-0.25, -0.2) is 0 Å². The summed E-state index contributed by atoms with van der Waals surface area (Å²) in [5, 5.41) is 3.44. The fourth-order valence-electron chi connectivity index (χ4n) is 1.26. The highest BCUT2D eigenvalue weighted by Crippen LogP contribution is 2.13. The number of ether oxygens (including phenoxy) is 1. The molecule has 0 aliphatic rings. The van der Waals surface area contributed by atoms with Crippen molar-refractivity contribution >= 4 is 22.6 Å². The van der Waals surface area contributed by atoms with Crippen LogP contribution in [0.5, 0.6) is 5.75 Å². The molecule has 0 atom stereocenters. The van der Waals surface area contributed by atoms with E-state index in [-0.39, 0.29) is 5.54 Å². The van der Waals surface area contributed by atoms with Crippen LogP contribution in [0.25, 0.3) is 0 Å². The summed E-state index contributed by atoms with van der Waals surface area (Å²) in [5.74, 6) is 0.955. The average molecular weight is 333 g/mol. The Morgan fingerprint density at radius 3 is 2.38 bits per heavy atom. The van der Waals surface area contributed by atoms with E-state index in [4.69, 9.17) is 4.74 Å². The molecule has 0 fully saturated rings. The van der Waals surface area contributed by atoms with E-state index in [0.717, 1.165) is 25.3 Å². The minimum absolute atomic E-state index is 0.197. The second kappa shape index (κ2) is 6.45. The maximum absolute atomic E-state index is 5.63. The van der Waals surface area contributed by atoms with E-state index < -0.39 is 0 Å². The lowest BCUT2D eigenvalue weighted by Crippen LogP contribution is -2.36. The normalized spacial score (nSPS) is 11.5. The fraction of sp³-hybridized carbons (Fsp3) is 0.538. The number of nitrogens with one attached hydrogen (secondary N) is 1. The van der Waals surface area contributed by atoms with Crippen LogP contribution in [0.3, 0.4) is 0 Å². The molecule has 0 saturated heterocycles. The Hall–Kier alpha value is -0.290. The minimum atomic E-state index is 0.197. The van der Waals surface area contributed by atoms with Gasteiger partial charge in [0.25, 0.3) is 0 Å². The lowest BCUT2D eigenvalue weighted by atomic mass is 10.1. The molecular weight excluding hydrogens is 313 g/mol. The van der Waals surface area contributed by atoms with E-state index in [9.17, 15) is 0 Å². The monoisotopic (exact) mass is 333 g/mol. The molecular formula is C13H20INO. The van der Waals surface area contributed by atoms with Crippen LogP contribution >= 0.6 is 22.6 Å². The van der Waals surface area contributed by atoms with E-state index in [1.165, 1.54) is 3.57 Å². The molecule has 3 heteroatoms. The summed E-state index contributed by atoms with van der Waals surface area (Å²) in [4.78, 5) is 0. The Kier molecular flexibility index (Phi) is 5.55. The van der Waals surface area contributed by atoms with Gasteiger partial charge in [0.1, 0.15) is 5.75 Å². The van der Waals surface area contributed by atoms with Crippen LogP contribution < -0.4 is 10.1 Å². The van der Waals surface area contributed by atoms with Crippen LogP contribution in [0.15, 0.2) is 24.3 Å². The molecule has 1 aromatic rings. The zero-order chi connectivity index (χ0) is 12.0. The fourth-order valence-corrected chi connectivity index (χ4v) is 1.62. The zero-order valence-corrected chi connectivity index (χ0v) is 12.4. The molecule has 0 aliphatic heterocycles. The highest BCUT2D eigenvalue weighted by Gasteiger charge is 2.06. The van der Waals surface area contributed by atoms with Gasteiger partial charge in [-0.15, -0.1) is 0 Å². The van der Waals surface area contributed by atoms with Gasteiger partial charge in [0.05, 0.1) is 6.61 Å². The smallest absolute Gasteiger partial charge is 0.119 e. The average Bonchev–Trinajstić information content (AvgIpc) is 2.19.